The Morgan fingerprint density at radius 1 is 1.07 bits per heavy atom. The minimum Gasteiger partial charge on any atom is -0.389 e. The number of rotatable bonds is 4. The van der Waals surface area contributed by atoms with Gasteiger partial charge in [-0.25, -0.2) is 13.8 Å². The van der Waals surface area contributed by atoms with E-state index < -0.39 is 11.6 Å². The van der Waals surface area contributed by atoms with E-state index in [1.807, 2.05) is 14.1 Å². The average molecular weight is 589 g/mol. The molecule has 3 fully saturated rings. The van der Waals surface area contributed by atoms with Crippen LogP contribution in [0, 0.1) is 23.0 Å². The van der Waals surface area contributed by atoms with Crippen molar-refractivity contribution in [2.24, 2.45) is 0 Å². The number of nitrogens with two attached hydrogens (primary N) is 1. The molecule has 6 heterocycles. The van der Waals surface area contributed by atoms with Gasteiger partial charge in [-0.15, -0.1) is 11.3 Å². The molecule has 4 aliphatic rings. The van der Waals surface area contributed by atoms with Crippen molar-refractivity contribution < 1.29 is 13.5 Å². The molecule has 216 valence electrons. The van der Waals surface area contributed by atoms with Crippen LogP contribution in [-0.4, -0.2) is 73.3 Å². The summed E-state index contributed by atoms with van der Waals surface area (Å²) in [7, 11) is 4.09. The molecular weight excluding hydrogens is 558 g/mol. The second kappa shape index (κ2) is 9.44. The summed E-state index contributed by atoms with van der Waals surface area (Å²) in [6.45, 7) is 3.53. The van der Waals surface area contributed by atoms with E-state index in [0.29, 0.717) is 33.0 Å². The first-order chi connectivity index (χ1) is 20.4. The predicted octanol–water partition coefficient (Wildman–Crippen LogP) is 3.96. The van der Waals surface area contributed by atoms with Crippen LogP contribution < -0.4 is 20.9 Å². The van der Waals surface area contributed by atoms with Gasteiger partial charge in [-0.05, 0) is 50.2 Å². The first kappa shape index (κ1) is 26.0. The van der Waals surface area contributed by atoms with Crippen molar-refractivity contribution in [2.45, 2.75) is 44.2 Å². The molecule has 4 aromatic rings. The van der Waals surface area contributed by atoms with Crippen LogP contribution in [0.2, 0.25) is 0 Å². The molecule has 3 N–H and O–H groups in total. The molecule has 9 nitrogen and oxygen atoms in total. The Hall–Kier alpha value is -3.63. The van der Waals surface area contributed by atoms with Gasteiger partial charge in [0.15, 0.2) is 5.82 Å². The van der Waals surface area contributed by atoms with Gasteiger partial charge in [0, 0.05) is 65.5 Å². The van der Waals surface area contributed by atoms with Gasteiger partial charge in [-0.3, -0.25) is 0 Å². The SMILES string of the molecule is CN(C)C1CN(c2nc(N3C4CCC3CNC4)c3c4c(c(-c5c(F)ccc6sc(N)c(C#N)c56)c(F)c3n2)COC4)C1. The maximum absolute atomic E-state index is 17.2. The lowest BCUT2D eigenvalue weighted by atomic mass is 9.90. The van der Waals surface area contributed by atoms with E-state index in [-0.39, 0.29) is 52.5 Å². The fourth-order valence-electron chi connectivity index (χ4n) is 7.20. The van der Waals surface area contributed by atoms with E-state index >= 15 is 8.78 Å². The van der Waals surface area contributed by atoms with Crippen LogP contribution in [0.1, 0.15) is 29.5 Å². The summed E-state index contributed by atoms with van der Waals surface area (Å²) in [5, 5.41) is 14.7. The number of aromatic nitrogens is 2. The first-order valence-electron chi connectivity index (χ1n) is 14.3. The number of thiophene rings is 1. The quantitative estimate of drug-likeness (QED) is 0.366. The molecule has 3 saturated heterocycles. The van der Waals surface area contributed by atoms with Crippen LogP contribution in [0.25, 0.3) is 32.1 Å². The number of halogens is 2. The molecule has 2 aromatic heterocycles. The van der Waals surface area contributed by atoms with Crippen LogP contribution in [-0.2, 0) is 18.0 Å². The van der Waals surface area contributed by atoms with Crippen molar-refractivity contribution in [2.75, 3.05) is 55.8 Å². The highest BCUT2D eigenvalue weighted by Gasteiger charge is 2.41. The van der Waals surface area contributed by atoms with Gasteiger partial charge in [0.05, 0.1) is 24.2 Å². The van der Waals surface area contributed by atoms with Gasteiger partial charge in [0.1, 0.15) is 28.2 Å². The Kier molecular flexibility index (Phi) is 5.85. The second-order valence-corrected chi connectivity index (χ2v) is 13.0. The molecule has 42 heavy (non-hydrogen) atoms. The maximum Gasteiger partial charge on any atom is 0.228 e. The fourth-order valence-corrected chi connectivity index (χ4v) is 8.13. The Balaban J connectivity index is 1.43. The molecule has 0 saturated carbocycles. The zero-order valence-corrected chi connectivity index (χ0v) is 24.2. The van der Waals surface area contributed by atoms with Crippen molar-refractivity contribution in [3.8, 4) is 17.2 Å². The molecule has 4 aliphatic heterocycles. The van der Waals surface area contributed by atoms with E-state index in [9.17, 15) is 5.26 Å². The van der Waals surface area contributed by atoms with E-state index in [1.165, 1.54) is 17.4 Å². The number of benzene rings is 2. The maximum atomic E-state index is 17.2. The first-order valence-corrected chi connectivity index (χ1v) is 15.1. The number of nitrogen functional groups attached to an aromatic ring is 1. The van der Waals surface area contributed by atoms with Crippen LogP contribution in [0.15, 0.2) is 12.1 Å². The molecule has 0 aliphatic carbocycles. The molecule has 2 unspecified atom stereocenters. The summed E-state index contributed by atoms with van der Waals surface area (Å²) in [6, 6.07) is 5.88. The van der Waals surface area contributed by atoms with Gasteiger partial charge in [-0.1, -0.05) is 0 Å². The zero-order valence-electron chi connectivity index (χ0n) is 23.4. The molecule has 0 spiro atoms. The number of ether oxygens (including phenoxy) is 1. The molecule has 2 atom stereocenters. The van der Waals surface area contributed by atoms with Gasteiger partial charge in [0.2, 0.25) is 5.95 Å². The molecule has 8 rings (SSSR count). The third-order valence-corrected chi connectivity index (χ3v) is 10.4. The Morgan fingerprint density at radius 3 is 2.52 bits per heavy atom. The summed E-state index contributed by atoms with van der Waals surface area (Å²) in [4.78, 5) is 16.6. The molecular formula is C30H30F2N8OS. The Labute approximate surface area is 245 Å². The summed E-state index contributed by atoms with van der Waals surface area (Å²) < 4.78 is 39.6. The highest BCUT2D eigenvalue weighted by Crippen LogP contribution is 2.49. The standard InChI is InChI=1S/C30H30F2N8OS/c1-38(2)16-10-39(11-16)30-36-27-24(29(37-30)40-14-3-4-15(40)9-35-8-14)19-13-41-12-18(19)23(26(27)32)25-20(31)5-6-21-22(25)17(7-33)28(34)42-21/h5-6,14-16,35H,3-4,8-13,34H2,1-2H3. The van der Waals surface area contributed by atoms with Gasteiger partial charge >= 0.3 is 0 Å². The zero-order chi connectivity index (χ0) is 28.9. The topological polar surface area (TPSA) is 107 Å². The molecule has 12 heteroatoms. The normalized spacial score (nSPS) is 21.9. The van der Waals surface area contributed by atoms with Crippen molar-refractivity contribution in [3.05, 3.63) is 40.5 Å². The van der Waals surface area contributed by atoms with Crippen LogP contribution in [0.4, 0.5) is 25.5 Å². The largest absolute Gasteiger partial charge is 0.389 e. The van der Waals surface area contributed by atoms with Crippen molar-refractivity contribution in [1.29, 1.82) is 5.26 Å². The lowest BCUT2D eigenvalue weighted by Crippen LogP contribution is -2.58. The van der Waals surface area contributed by atoms with Crippen molar-refractivity contribution in [1.82, 2.24) is 20.2 Å². The van der Waals surface area contributed by atoms with Crippen LogP contribution in [0.5, 0.6) is 0 Å². The number of fused-ring (bicyclic) bond motifs is 6. The number of hydrogen-bond donors (Lipinski definition) is 2. The minimum absolute atomic E-state index is 0.0405. The van der Waals surface area contributed by atoms with Crippen LogP contribution in [0.3, 0.4) is 0 Å². The average Bonchev–Trinajstić information content (AvgIpc) is 3.61. The van der Waals surface area contributed by atoms with Gasteiger partial charge in [-0.2, -0.15) is 10.2 Å². The highest BCUT2D eigenvalue weighted by atomic mass is 32.1. The number of likely N-dealkylation sites (N-methyl/N-ethyl adjacent to an activating group) is 1. The fraction of sp³-hybridized carbons (Fsp3) is 0.433. The molecule has 2 aromatic carbocycles. The number of hydrogen-bond acceptors (Lipinski definition) is 10. The summed E-state index contributed by atoms with van der Waals surface area (Å²) in [5.41, 5.74) is 7.99. The van der Waals surface area contributed by atoms with E-state index in [2.05, 4.69) is 26.1 Å². The van der Waals surface area contributed by atoms with Crippen LogP contribution >= 0.6 is 11.3 Å². The number of anilines is 3. The smallest absolute Gasteiger partial charge is 0.228 e. The van der Waals surface area contributed by atoms with Gasteiger partial charge < -0.3 is 30.5 Å². The number of piperazine rings is 1. The predicted molar refractivity (Wildman–Crippen MR) is 160 cm³/mol. The molecule has 0 radical (unpaired) electrons. The Bertz CT molecular complexity index is 1810. The summed E-state index contributed by atoms with van der Waals surface area (Å²) >= 11 is 1.20. The van der Waals surface area contributed by atoms with E-state index in [1.54, 1.807) is 6.07 Å². The minimum atomic E-state index is -0.619. The lowest BCUT2D eigenvalue weighted by Gasteiger charge is -2.43. The summed E-state index contributed by atoms with van der Waals surface area (Å²) in [5.74, 6) is -0.0177. The Morgan fingerprint density at radius 2 is 1.81 bits per heavy atom. The van der Waals surface area contributed by atoms with E-state index in [4.69, 9.17) is 20.4 Å². The third-order valence-electron chi connectivity index (χ3n) is 9.46. The van der Waals surface area contributed by atoms with E-state index in [0.717, 1.165) is 50.4 Å². The van der Waals surface area contributed by atoms with Crippen molar-refractivity contribution >= 4 is 49.1 Å². The molecule has 2 bridgehead atoms. The van der Waals surface area contributed by atoms with Gasteiger partial charge in [0.25, 0.3) is 0 Å². The monoisotopic (exact) mass is 588 g/mol. The lowest BCUT2D eigenvalue weighted by molar-refractivity contribution is 0.135. The highest BCUT2D eigenvalue weighted by molar-refractivity contribution is 7.23. The summed E-state index contributed by atoms with van der Waals surface area (Å²) in [6.07, 6.45) is 2.07. The third kappa shape index (κ3) is 3.60. The number of nitriles is 1. The number of nitrogens with zero attached hydrogens (tertiary/aromatic N) is 6. The number of nitrogens with one attached hydrogen (secondary N) is 1. The second-order valence-electron chi connectivity index (χ2n) is 11.9. The molecule has 0 amide bonds. The van der Waals surface area contributed by atoms with Crippen molar-refractivity contribution in [3.63, 3.8) is 0 Å².